The van der Waals surface area contributed by atoms with E-state index in [-0.39, 0.29) is 12.4 Å². The van der Waals surface area contributed by atoms with Crippen LogP contribution in [0.2, 0.25) is 0 Å². The Kier molecular flexibility index (Phi) is 4.56. The molecule has 28 heavy (non-hydrogen) atoms. The predicted molar refractivity (Wildman–Crippen MR) is 92.5 cm³/mol. The van der Waals surface area contributed by atoms with Crippen molar-refractivity contribution in [1.82, 2.24) is 15.1 Å². The number of alkyl halides is 3. The van der Waals surface area contributed by atoms with Crippen molar-refractivity contribution >= 4 is 11.0 Å². The van der Waals surface area contributed by atoms with E-state index in [4.69, 9.17) is 9.26 Å². The average molecular weight is 387 g/mol. The molecule has 0 saturated heterocycles. The highest BCUT2D eigenvalue weighted by Gasteiger charge is 2.30. The molecule has 2 aromatic carbocycles. The second-order valence-corrected chi connectivity index (χ2v) is 5.76. The number of ether oxygens (including phenoxy) is 2. The molecular formula is C19H12F3N3O3. The number of aromatic nitrogens is 3. The molecule has 0 aliphatic rings. The van der Waals surface area contributed by atoms with E-state index in [1.807, 2.05) is 0 Å². The second-order valence-electron chi connectivity index (χ2n) is 5.76. The summed E-state index contributed by atoms with van der Waals surface area (Å²) in [4.78, 5) is 8.08. The molecule has 0 fully saturated rings. The van der Waals surface area contributed by atoms with Crippen LogP contribution >= 0.6 is 0 Å². The summed E-state index contributed by atoms with van der Waals surface area (Å²) in [6, 6.07) is 10.9. The highest BCUT2D eigenvalue weighted by Crippen LogP contribution is 2.32. The monoisotopic (exact) mass is 387 g/mol. The molecule has 0 amide bonds. The zero-order valence-electron chi connectivity index (χ0n) is 14.2. The SMILES string of the molecule is FC(F)(F)Oc1ccc(-c2ccc3onc(OCc4cnccn4)c3c2)cc1. The van der Waals surface area contributed by atoms with Gasteiger partial charge in [0.2, 0.25) is 0 Å². The first-order valence-corrected chi connectivity index (χ1v) is 8.11. The van der Waals surface area contributed by atoms with Crippen LogP contribution in [0.15, 0.2) is 65.6 Å². The third kappa shape index (κ3) is 4.03. The van der Waals surface area contributed by atoms with Gasteiger partial charge in [-0.1, -0.05) is 18.2 Å². The van der Waals surface area contributed by atoms with E-state index in [1.54, 1.807) is 36.8 Å². The molecule has 0 saturated carbocycles. The van der Waals surface area contributed by atoms with Crippen LogP contribution in [0, 0.1) is 0 Å². The fourth-order valence-corrected chi connectivity index (χ4v) is 2.60. The quantitative estimate of drug-likeness (QED) is 0.492. The van der Waals surface area contributed by atoms with E-state index < -0.39 is 6.36 Å². The van der Waals surface area contributed by atoms with Crippen molar-refractivity contribution < 1.29 is 27.2 Å². The van der Waals surface area contributed by atoms with Gasteiger partial charge in [0.25, 0.3) is 5.88 Å². The second kappa shape index (κ2) is 7.18. The first-order chi connectivity index (χ1) is 13.5. The van der Waals surface area contributed by atoms with E-state index in [0.29, 0.717) is 28.1 Å². The first kappa shape index (κ1) is 17.8. The molecule has 2 aromatic heterocycles. The van der Waals surface area contributed by atoms with Crippen LogP contribution in [-0.4, -0.2) is 21.5 Å². The molecule has 0 radical (unpaired) electrons. The van der Waals surface area contributed by atoms with Crippen molar-refractivity contribution in [1.29, 1.82) is 0 Å². The van der Waals surface area contributed by atoms with E-state index >= 15 is 0 Å². The molecule has 0 aliphatic carbocycles. The lowest BCUT2D eigenvalue weighted by Crippen LogP contribution is -2.16. The predicted octanol–water partition coefficient (Wildman–Crippen LogP) is 4.76. The summed E-state index contributed by atoms with van der Waals surface area (Å²) >= 11 is 0. The molecule has 0 unspecified atom stereocenters. The van der Waals surface area contributed by atoms with E-state index in [9.17, 15) is 13.2 Å². The molecule has 4 rings (SSSR count). The highest BCUT2D eigenvalue weighted by atomic mass is 19.4. The van der Waals surface area contributed by atoms with Crippen LogP contribution < -0.4 is 9.47 Å². The van der Waals surface area contributed by atoms with Gasteiger partial charge in [0, 0.05) is 12.4 Å². The third-order valence-electron chi connectivity index (χ3n) is 3.83. The minimum absolute atomic E-state index is 0.170. The molecule has 0 atom stereocenters. The number of nitrogens with zero attached hydrogens (tertiary/aromatic N) is 3. The molecule has 0 aliphatic heterocycles. The lowest BCUT2D eigenvalue weighted by molar-refractivity contribution is -0.274. The van der Waals surface area contributed by atoms with Crippen LogP contribution in [0.4, 0.5) is 13.2 Å². The zero-order chi connectivity index (χ0) is 19.6. The van der Waals surface area contributed by atoms with Crippen LogP contribution in [0.1, 0.15) is 5.69 Å². The molecule has 4 aromatic rings. The molecule has 0 spiro atoms. The normalized spacial score (nSPS) is 11.5. The molecule has 6 nitrogen and oxygen atoms in total. The van der Waals surface area contributed by atoms with Crippen LogP contribution in [0.3, 0.4) is 0 Å². The molecule has 2 heterocycles. The number of benzene rings is 2. The summed E-state index contributed by atoms with van der Waals surface area (Å²) < 4.78 is 51.6. The Morgan fingerprint density at radius 1 is 0.964 bits per heavy atom. The number of hydrogen-bond donors (Lipinski definition) is 0. The van der Waals surface area contributed by atoms with Crippen molar-refractivity contribution in [3.8, 4) is 22.8 Å². The van der Waals surface area contributed by atoms with Gasteiger partial charge in [-0.15, -0.1) is 13.2 Å². The van der Waals surface area contributed by atoms with Gasteiger partial charge in [-0.05, 0) is 40.5 Å². The number of halogens is 3. The molecule has 0 bridgehead atoms. The van der Waals surface area contributed by atoms with Gasteiger partial charge in [0.15, 0.2) is 5.58 Å². The number of fused-ring (bicyclic) bond motifs is 1. The van der Waals surface area contributed by atoms with Crippen LogP contribution in [0.5, 0.6) is 11.6 Å². The van der Waals surface area contributed by atoms with Gasteiger partial charge in [-0.2, -0.15) is 0 Å². The minimum Gasteiger partial charge on any atom is -0.468 e. The maximum Gasteiger partial charge on any atom is 0.573 e. The maximum absolute atomic E-state index is 12.3. The Labute approximate surface area is 156 Å². The van der Waals surface area contributed by atoms with Crippen LogP contribution in [0.25, 0.3) is 22.1 Å². The molecular weight excluding hydrogens is 375 g/mol. The van der Waals surface area contributed by atoms with Crippen LogP contribution in [-0.2, 0) is 6.61 Å². The summed E-state index contributed by atoms with van der Waals surface area (Å²) in [6.45, 7) is 0.170. The highest BCUT2D eigenvalue weighted by molar-refractivity contribution is 5.87. The van der Waals surface area contributed by atoms with Gasteiger partial charge in [0.1, 0.15) is 12.4 Å². The Morgan fingerprint density at radius 2 is 1.75 bits per heavy atom. The standard InChI is InChI=1S/C19H12F3N3O3/c20-19(21,22)27-15-4-1-12(2-5-15)13-3-6-17-16(9-13)18(25-28-17)26-11-14-10-23-7-8-24-14/h1-10H,11H2. The van der Waals surface area contributed by atoms with Gasteiger partial charge < -0.3 is 14.0 Å². The number of hydrogen-bond acceptors (Lipinski definition) is 6. The summed E-state index contributed by atoms with van der Waals surface area (Å²) in [5.41, 5.74) is 2.63. The first-order valence-electron chi connectivity index (χ1n) is 8.11. The third-order valence-corrected chi connectivity index (χ3v) is 3.83. The summed E-state index contributed by atoms with van der Waals surface area (Å²) in [7, 11) is 0. The minimum atomic E-state index is -4.72. The van der Waals surface area contributed by atoms with E-state index in [1.165, 1.54) is 24.3 Å². The fraction of sp³-hybridized carbons (Fsp3) is 0.105. The Balaban J connectivity index is 1.57. The summed E-state index contributed by atoms with van der Waals surface area (Å²) in [5, 5.41) is 4.55. The Bertz CT molecular complexity index is 1080. The van der Waals surface area contributed by atoms with Gasteiger partial charge in [0.05, 0.1) is 17.3 Å². The summed E-state index contributed by atoms with van der Waals surface area (Å²) in [5.74, 6) is 0.00910. The van der Waals surface area contributed by atoms with Crippen molar-refractivity contribution in [2.45, 2.75) is 13.0 Å². The maximum atomic E-state index is 12.3. The van der Waals surface area contributed by atoms with Crippen molar-refractivity contribution in [2.24, 2.45) is 0 Å². The van der Waals surface area contributed by atoms with E-state index in [0.717, 1.165) is 5.56 Å². The Hall–Kier alpha value is -3.62. The molecule has 142 valence electrons. The Morgan fingerprint density at radius 3 is 2.46 bits per heavy atom. The smallest absolute Gasteiger partial charge is 0.468 e. The largest absolute Gasteiger partial charge is 0.573 e. The molecule has 9 heteroatoms. The average Bonchev–Trinajstić information content (AvgIpc) is 3.09. The summed E-state index contributed by atoms with van der Waals surface area (Å²) in [6.07, 6.45) is -0.0211. The zero-order valence-corrected chi connectivity index (χ0v) is 14.2. The lowest BCUT2D eigenvalue weighted by Gasteiger charge is -2.09. The lowest BCUT2D eigenvalue weighted by atomic mass is 10.0. The van der Waals surface area contributed by atoms with Crippen molar-refractivity contribution in [3.63, 3.8) is 0 Å². The van der Waals surface area contributed by atoms with Gasteiger partial charge >= 0.3 is 6.36 Å². The number of rotatable bonds is 5. The van der Waals surface area contributed by atoms with Gasteiger partial charge in [-0.25, -0.2) is 0 Å². The van der Waals surface area contributed by atoms with Gasteiger partial charge in [-0.3, -0.25) is 9.97 Å². The van der Waals surface area contributed by atoms with E-state index in [2.05, 4.69) is 19.9 Å². The fourth-order valence-electron chi connectivity index (χ4n) is 2.60. The van der Waals surface area contributed by atoms with Crippen molar-refractivity contribution in [2.75, 3.05) is 0 Å². The topological polar surface area (TPSA) is 70.3 Å². The van der Waals surface area contributed by atoms with Crippen molar-refractivity contribution in [3.05, 3.63) is 66.7 Å². The molecule has 0 N–H and O–H groups in total.